The minimum atomic E-state index is -3.38. The quantitative estimate of drug-likeness (QED) is 0.474. The minimum Gasteiger partial charge on any atom is -0.386 e. The van der Waals surface area contributed by atoms with Crippen molar-refractivity contribution in [2.24, 2.45) is 11.8 Å². The molecule has 2 fully saturated rings. The molecular formula is C22H22F5N3O3. The number of aliphatic hydroxyl groups excluding tert-OH is 1. The Morgan fingerprint density at radius 3 is 2.58 bits per heavy atom. The van der Waals surface area contributed by atoms with Gasteiger partial charge in [0.2, 0.25) is 0 Å². The number of aromatic amines is 1. The number of hydrogen-bond donors (Lipinski definition) is 3. The Morgan fingerprint density at radius 1 is 1.24 bits per heavy atom. The standard InChI is InChI=1S/C22H22F5N3O3/c1-8-12(16-10-3-2-6-22(26,27)18(31)11(10)7-28-16)15(23)13(19(24)25)14-17(8)30(9-4-5-9)21(33)29-20(14)32/h2-3,9-11,16,18-19,28,31H,4-7H2,1H3,(H,29,32,33). The van der Waals surface area contributed by atoms with E-state index in [1.807, 2.05) is 4.98 Å². The highest BCUT2D eigenvalue weighted by Crippen LogP contribution is 2.47. The van der Waals surface area contributed by atoms with Gasteiger partial charge in [-0.15, -0.1) is 0 Å². The number of benzene rings is 1. The number of fused-ring (bicyclic) bond motifs is 2. The number of rotatable bonds is 3. The van der Waals surface area contributed by atoms with Gasteiger partial charge in [-0.05, 0) is 25.3 Å². The molecule has 2 aliphatic carbocycles. The molecule has 178 valence electrons. The molecule has 1 aromatic carbocycles. The van der Waals surface area contributed by atoms with Crippen molar-refractivity contribution in [3.05, 3.63) is 55.5 Å². The van der Waals surface area contributed by atoms with E-state index in [0.29, 0.717) is 12.8 Å². The third-order valence-electron chi connectivity index (χ3n) is 7.13. The molecule has 1 saturated heterocycles. The summed E-state index contributed by atoms with van der Waals surface area (Å²) in [5.41, 5.74) is -3.12. The van der Waals surface area contributed by atoms with Crippen molar-refractivity contribution in [2.75, 3.05) is 6.54 Å². The van der Waals surface area contributed by atoms with Crippen molar-refractivity contribution in [1.82, 2.24) is 14.9 Å². The normalized spacial score (nSPS) is 29.0. The maximum atomic E-state index is 15.7. The zero-order valence-corrected chi connectivity index (χ0v) is 17.5. The number of alkyl halides is 4. The summed E-state index contributed by atoms with van der Waals surface area (Å²) >= 11 is 0. The predicted molar refractivity (Wildman–Crippen MR) is 109 cm³/mol. The molecule has 11 heteroatoms. The van der Waals surface area contributed by atoms with E-state index in [1.54, 1.807) is 0 Å². The Balaban J connectivity index is 1.79. The molecule has 3 N–H and O–H groups in total. The highest BCUT2D eigenvalue weighted by Gasteiger charge is 2.51. The number of aryl methyl sites for hydroxylation is 1. The highest BCUT2D eigenvalue weighted by molar-refractivity contribution is 5.87. The second-order valence-electron chi connectivity index (χ2n) is 9.12. The van der Waals surface area contributed by atoms with Gasteiger partial charge in [-0.2, -0.15) is 0 Å². The van der Waals surface area contributed by atoms with Gasteiger partial charge in [-0.3, -0.25) is 14.3 Å². The Labute approximate surface area is 184 Å². The van der Waals surface area contributed by atoms with Crippen LogP contribution in [-0.2, 0) is 0 Å². The number of hydrogen-bond acceptors (Lipinski definition) is 4. The first-order valence-electron chi connectivity index (χ1n) is 10.8. The second-order valence-corrected chi connectivity index (χ2v) is 9.12. The fraction of sp³-hybridized carbons (Fsp3) is 0.545. The Bertz CT molecular complexity index is 1280. The number of halogens is 5. The summed E-state index contributed by atoms with van der Waals surface area (Å²) in [5, 5.41) is 12.6. The first-order valence-corrected chi connectivity index (χ1v) is 10.8. The molecule has 4 atom stereocenters. The van der Waals surface area contributed by atoms with Crippen molar-refractivity contribution >= 4 is 10.9 Å². The van der Waals surface area contributed by atoms with E-state index >= 15 is 4.39 Å². The van der Waals surface area contributed by atoms with Gasteiger partial charge in [0.15, 0.2) is 0 Å². The summed E-state index contributed by atoms with van der Waals surface area (Å²) in [6, 6.07) is -1.30. The summed E-state index contributed by atoms with van der Waals surface area (Å²) in [6.45, 7) is 1.36. The third-order valence-corrected chi connectivity index (χ3v) is 7.13. The molecule has 0 amide bonds. The summed E-state index contributed by atoms with van der Waals surface area (Å²) in [4.78, 5) is 27.1. The van der Waals surface area contributed by atoms with Gasteiger partial charge in [-0.25, -0.2) is 26.7 Å². The van der Waals surface area contributed by atoms with Gasteiger partial charge in [0.25, 0.3) is 17.9 Å². The molecule has 0 bridgehead atoms. The van der Waals surface area contributed by atoms with Crippen molar-refractivity contribution < 1.29 is 27.1 Å². The van der Waals surface area contributed by atoms with Gasteiger partial charge in [0.05, 0.1) is 16.5 Å². The van der Waals surface area contributed by atoms with E-state index in [0.717, 1.165) is 0 Å². The van der Waals surface area contributed by atoms with E-state index < -0.39 is 70.8 Å². The van der Waals surface area contributed by atoms with Crippen LogP contribution in [-0.4, -0.2) is 33.2 Å². The summed E-state index contributed by atoms with van der Waals surface area (Å²) in [5.74, 6) is -6.46. The largest absolute Gasteiger partial charge is 0.386 e. The van der Waals surface area contributed by atoms with Crippen LogP contribution in [0.3, 0.4) is 0 Å². The Kier molecular flexibility index (Phi) is 5.06. The molecule has 0 spiro atoms. The van der Waals surface area contributed by atoms with Crippen molar-refractivity contribution in [3.8, 4) is 0 Å². The molecule has 4 unspecified atom stereocenters. The van der Waals surface area contributed by atoms with Crippen LogP contribution in [0.15, 0.2) is 21.7 Å². The number of nitrogens with zero attached hydrogens (tertiary/aromatic N) is 1. The number of allylic oxidation sites excluding steroid dienone is 1. The van der Waals surface area contributed by atoms with E-state index in [4.69, 9.17) is 0 Å². The monoisotopic (exact) mass is 471 g/mol. The highest BCUT2D eigenvalue weighted by atomic mass is 19.3. The van der Waals surface area contributed by atoms with Crippen LogP contribution in [0.4, 0.5) is 22.0 Å². The molecule has 2 aromatic rings. The lowest BCUT2D eigenvalue weighted by atomic mass is 9.81. The number of nitrogens with one attached hydrogen (secondary N) is 2. The lowest BCUT2D eigenvalue weighted by Gasteiger charge is -2.28. The number of H-pyrrole nitrogens is 1. The van der Waals surface area contributed by atoms with E-state index in [9.17, 15) is 32.3 Å². The van der Waals surface area contributed by atoms with Crippen LogP contribution in [0.5, 0.6) is 0 Å². The molecule has 6 nitrogen and oxygen atoms in total. The van der Waals surface area contributed by atoms with Gasteiger partial charge in [0, 0.05) is 42.4 Å². The zero-order chi connectivity index (χ0) is 23.8. The van der Waals surface area contributed by atoms with E-state index in [-0.39, 0.29) is 29.2 Å². The molecule has 33 heavy (non-hydrogen) atoms. The van der Waals surface area contributed by atoms with Gasteiger partial charge in [-0.1, -0.05) is 12.2 Å². The van der Waals surface area contributed by atoms with Crippen LogP contribution in [0.25, 0.3) is 10.9 Å². The van der Waals surface area contributed by atoms with Gasteiger partial charge < -0.3 is 10.4 Å². The average molecular weight is 471 g/mol. The topological polar surface area (TPSA) is 87.1 Å². The first kappa shape index (κ1) is 22.3. The molecule has 3 aliphatic rings. The average Bonchev–Trinajstić information content (AvgIpc) is 3.49. The van der Waals surface area contributed by atoms with Crippen LogP contribution < -0.4 is 16.6 Å². The first-order chi connectivity index (χ1) is 15.5. The number of aliphatic hydroxyl groups is 1. The van der Waals surface area contributed by atoms with Crippen LogP contribution >= 0.6 is 0 Å². The Morgan fingerprint density at radius 2 is 1.94 bits per heavy atom. The van der Waals surface area contributed by atoms with Crippen LogP contribution in [0, 0.1) is 24.6 Å². The summed E-state index contributed by atoms with van der Waals surface area (Å²) < 4.78 is 73.6. The smallest absolute Gasteiger partial charge is 0.329 e. The fourth-order valence-electron chi connectivity index (χ4n) is 5.44. The molecule has 5 rings (SSSR count). The van der Waals surface area contributed by atoms with Crippen molar-refractivity contribution in [2.45, 2.75) is 56.7 Å². The fourth-order valence-corrected chi connectivity index (χ4v) is 5.44. The Hall–Kier alpha value is -2.53. The zero-order valence-electron chi connectivity index (χ0n) is 17.5. The molecular weight excluding hydrogens is 449 g/mol. The SMILES string of the molecule is Cc1c(C2NCC3C2C=CCC(F)(F)C3O)c(F)c(C(F)F)c2c(=O)[nH]c(=O)n(C3CC3)c12. The lowest BCUT2D eigenvalue weighted by molar-refractivity contribution is -0.127. The molecule has 1 saturated carbocycles. The maximum Gasteiger partial charge on any atom is 0.329 e. The van der Waals surface area contributed by atoms with Crippen molar-refractivity contribution in [1.29, 1.82) is 0 Å². The van der Waals surface area contributed by atoms with Gasteiger partial charge in [0.1, 0.15) is 11.9 Å². The molecule has 2 heterocycles. The second kappa shape index (κ2) is 7.49. The van der Waals surface area contributed by atoms with Crippen LogP contribution in [0.2, 0.25) is 0 Å². The predicted octanol–water partition coefficient (Wildman–Crippen LogP) is 3.24. The molecule has 1 aromatic heterocycles. The van der Waals surface area contributed by atoms with Crippen LogP contribution in [0.1, 0.15) is 54.5 Å². The van der Waals surface area contributed by atoms with E-state index in [1.165, 1.54) is 23.6 Å². The summed E-state index contributed by atoms with van der Waals surface area (Å²) in [6.07, 6.45) is -2.17. The van der Waals surface area contributed by atoms with Gasteiger partial charge >= 0.3 is 5.69 Å². The lowest BCUT2D eigenvalue weighted by Crippen LogP contribution is -2.40. The maximum absolute atomic E-state index is 15.7. The molecule has 0 radical (unpaired) electrons. The summed E-state index contributed by atoms with van der Waals surface area (Å²) in [7, 11) is 0. The minimum absolute atomic E-state index is 0.0633. The van der Waals surface area contributed by atoms with E-state index in [2.05, 4.69) is 5.32 Å². The van der Waals surface area contributed by atoms with Crippen molar-refractivity contribution in [3.63, 3.8) is 0 Å². The number of aromatic nitrogens is 2. The third kappa shape index (κ3) is 3.27. The molecule has 1 aliphatic heterocycles.